The second kappa shape index (κ2) is 8.76. The van der Waals surface area contributed by atoms with E-state index in [4.69, 9.17) is 4.74 Å². The molecule has 1 amide bonds. The van der Waals surface area contributed by atoms with Crippen LogP contribution < -0.4 is 5.32 Å². The van der Waals surface area contributed by atoms with Crippen LogP contribution in [-0.4, -0.2) is 18.0 Å². The Hall–Kier alpha value is -2.21. The maximum Gasteiger partial charge on any atom is 0.307 e. The van der Waals surface area contributed by atoms with E-state index in [1.165, 1.54) is 19.1 Å². The Balaban J connectivity index is 1.88. The number of esters is 1. The molecular weight excluding hydrogens is 389 g/mol. The van der Waals surface area contributed by atoms with Gasteiger partial charge >= 0.3 is 5.97 Å². The third-order valence-corrected chi connectivity index (χ3v) is 4.20. The highest BCUT2D eigenvalue weighted by molar-refractivity contribution is 9.10. The quantitative estimate of drug-likeness (QED) is 0.708. The van der Waals surface area contributed by atoms with Gasteiger partial charge in [-0.1, -0.05) is 53.2 Å². The lowest BCUT2D eigenvalue weighted by atomic mass is 9.98. The van der Waals surface area contributed by atoms with E-state index in [9.17, 15) is 14.0 Å². The van der Waals surface area contributed by atoms with Crippen LogP contribution in [0.15, 0.2) is 53.0 Å². The third kappa shape index (κ3) is 5.67. The van der Waals surface area contributed by atoms with E-state index < -0.39 is 23.8 Å². The summed E-state index contributed by atoms with van der Waals surface area (Å²) >= 11 is 3.14. The third-order valence-electron chi connectivity index (χ3n) is 3.71. The Morgan fingerprint density at radius 1 is 1.16 bits per heavy atom. The van der Waals surface area contributed by atoms with Crippen molar-refractivity contribution in [3.05, 3.63) is 64.4 Å². The summed E-state index contributed by atoms with van der Waals surface area (Å²) < 4.78 is 19.5. The van der Waals surface area contributed by atoms with E-state index >= 15 is 0 Å². The van der Waals surface area contributed by atoms with E-state index in [1.807, 2.05) is 37.3 Å². The van der Waals surface area contributed by atoms with Gasteiger partial charge in [0, 0.05) is 4.47 Å². The van der Waals surface area contributed by atoms with Crippen molar-refractivity contribution < 1.29 is 18.7 Å². The average molecular weight is 408 g/mol. The summed E-state index contributed by atoms with van der Waals surface area (Å²) in [5.41, 5.74) is 1.06. The molecule has 4 nitrogen and oxygen atoms in total. The molecule has 2 atom stereocenters. The van der Waals surface area contributed by atoms with E-state index in [-0.39, 0.29) is 18.0 Å². The molecule has 0 aliphatic rings. The summed E-state index contributed by atoms with van der Waals surface area (Å²) in [5.74, 6) is -1.65. The molecule has 2 aromatic rings. The highest BCUT2D eigenvalue weighted by Gasteiger charge is 2.21. The van der Waals surface area contributed by atoms with Crippen molar-refractivity contribution in [2.45, 2.75) is 32.3 Å². The fourth-order valence-electron chi connectivity index (χ4n) is 2.27. The van der Waals surface area contributed by atoms with Gasteiger partial charge in [0.05, 0.1) is 12.1 Å². The molecule has 0 saturated heterocycles. The lowest BCUT2D eigenvalue weighted by Crippen LogP contribution is -2.30. The van der Waals surface area contributed by atoms with Gasteiger partial charge in [-0.3, -0.25) is 9.59 Å². The molecule has 0 fully saturated rings. The van der Waals surface area contributed by atoms with Crippen molar-refractivity contribution in [2.24, 2.45) is 0 Å². The van der Waals surface area contributed by atoms with Gasteiger partial charge < -0.3 is 10.1 Å². The zero-order valence-corrected chi connectivity index (χ0v) is 15.5. The second-order valence-corrected chi connectivity index (χ2v) is 6.68. The number of benzene rings is 2. The van der Waals surface area contributed by atoms with Crippen LogP contribution in [0.3, 0.4) is 0 Å². The predicted molar refractivity (Wildman–Crippen MR) is 97.8 cm³/mol. The number of rotatable bonds is 6. The van der Waals surface area contributed by atoms with Crippen molar-refractivity contribution in [1.29, 1.82) is 0 Å². The highest BCUT2D eigenvalue weighted by atomic mass is 79.9. The zero-order valence-electron chi connectivity index (χ0n) is 14.0. The first kappa shape index (κ1) is 19.1. The minimum absolute atomic E-state index is 0.0205. The lowest BCUT2D eigenvalue weighted by Gasteiger charge is -2.16. The van der Waals surface area contributed by atoms with Crippen molar-refractivity contribution in [3.63, 3.8) is 0 Å². The number of halogens is 2. The summed E-state index contributed by atoms with van der Waals surface area (Å²) in [6.07, 6.45) is -0.854. The topological polar surface area (TPSA) is 55.4 Å². The van der Waals surface area contributed by atoms with E-state index in [0.717, 1.165) is 5.56 Å². The molecule has 0 bridgehead atoms. The van der Waals surface area contributed by atoms with Gasteiger partial charge in [0.2, 0.25) is 0 Å². The number of ether oxygens (including phenoxy) is 1. The summed E-state index contributed by atoms with van der Waals surface area (Å²) in [5, 5.41) is 2.42. The second-order valence-electron chi connectivity index (χ2n) is 5.76. The Labute approximate surface area is 154 Å². The van der Waals surface area contributed by atoms with E-state index in [0.29, 0.717) is 4.47 Å². The van der Waals surface area contributed by atoms with Gasteiger partial charge in [-0.2, -0.15) is 0 Å². The summed E-state index contributed by atoms with van der Waals surface area (Å²) in [4.78, 5) is 24.1. The van der Waals surface area contributed by atoms with Gasteiger partial charge in [0.1, 0.15) is 5.82 Å². The first-order valence-electron chi connectivity index (χ1n) is 7.87. The summed E-state index contributed by atoms with van der Waals surface area (Å²) in [6.45, 7) is 3.37. The van der Waals surface area contributed by atoms with Crippen LogP contribution in [0.1, 0.15) is 31.7 Å². The molecule has 0 saturated carbocycles. The number of nitrogens with one attached hydrogen (secondary N) is 1. The maximum absolute atomic E-state index is 13.7. The van der Waals surface area contributed by atoms with Crippen molar-refractivity contribution >= 4 is 33.5 Å². The monoisotopic (exact) mass is 407 g/mol. The van der Waals surface area contributed by atoms with Crippen LogP contribution in [-0.2, 0) is 14.3 Å². The molecule has 0 spiro atoms. The Morgan fingerprint density at radius 3 is 2.48 bits per heavy atom. The number of hydrogen-bond donors (Lipinski definition) is 1. The van der Waals surface area contributed by atoms with Crippen LogP contribution in [0.4, 0.5) is 10.1 Å². The standard InChI is InChI=1S/C19H19BrFNO3/c1-12(14-6-4-3-5-7-14)10-18(23)25-13(2)19(24)22-17-9-8-15(20)11-16(17)21/h3-9,11-13H,10H2,1-2H3,(H,22,24)/t12-,13+/m0/s1. The van der Waals surface area contributed by atoms with E-state index in [2.05, 4.69) is 21.2 Å². The maximum atomic E-state index is 13.7. The number of carbonyl (C=O) groups excluding carboxylic acids is 2. The summed E-state index contributed by atoms with van der Waals surface area (Å²) in [7, 11) is 0. The molecule has 0 radical (unpaired) electrons. The van der Waals surface area contributed by atoms with Gasteiger partial charge in [-0.05, 0) is 36.6 Å². The average Bonchev–Trinajstić information content (AvgIpc) is 2.57. The number of carbonyl (C=O) groups is 2. The van der Waals surface area contributed by atoms with Gasteiger partial charge in [-0.25, -0.2) is 4.39 Å². The fourth-order valence-corrected chi connectivity index (χ4v) is 2.61. The minimum Gasteiger partial charge on any atom is -0.453 e. The Morgan fingerprint density at radius 2 is 1.84 bits per heavy atom. The van der Waals surface area contributed by atoms with Crippen LogP contribution in [0.2, 0.25) is 0 Å². The molecule has 25 heavy (non-hydrogen) atoms. The molecule has 132 valence electrons. The van der Waals surface area contributed by atoms with Crippen molar-refractivity contribution in [2.75, 3.05) is 5.32 Å². The number of amides is 1. The van der Waals surface area contributed by atoms with Crippen molar-refractivity contribution in [3.8, 4) is 0 Å². The minimum atomic E-state index is -1.02. The molecule has 6 heteroatoms. The first-order valence-corrected chi connectivity index (χ1v) is 8.66. The van der Waals surface area contributed by atoms with Crippen LogP contribution in [0.25, 0.3) is 0 Å². The zero-order chi connectivity index (χ0) is 18.4. The van der Waals surface area contributed by atoms with Crippen LogP contribution in [0, 0.1) is 5.82 Å². The molecule has 0 unspecified atom stereocenters. The molecule has 0 aromatic heterocycles. The fraction of sp³-hybridized carbons (Fsp3) is 0.263. The van der Waals surface area contributed by atoms with Gasteiger partial charge in [-0.15, -0.1) is 0 Å². The Kier molecular flexibility index (Phi) is 6.70. The highest BCUT2D eigenvalue weighted by Crippen LogP contribution is 2.21. The SMILES string of the molecule is C[C@@H](OC(=O)C[C@H](C)c1ccccc1)C(=O)Nc1ccc(Br)cc1F. The van der Waals surface area contributed by atoms with Crippen LogP contribution in [0.5, 0.6) is 0 Å². The van der Waals surface area contributed by atoms with Gasteiger partial charge in [0.15, 0.2) is 6.10 Å². The van der Waals surface area contributed by atoms with E-state index in [1.54, 1.807) is 6.07 Å². The smallest absolute Gasteiger partial charge is 0.307 e. The molecule has 0 aliphatic heterocycles. The van der Waals surface area contributed by atoms with Crippen LogP contribution >= 0.6 is 15.9 Å². The largest absolute Gasteiger partial charge is 0.453 e. The summed E-state index contributed by atoms with van der Waals surface area (Å²) in [6, 6.07) is 13.9. The van der Waals surface area contributed by atoms with Crippen molar-refractivity contribution in [1.82, 2.24) is 0 Å². The molecule has 2 aromatic carbocycles. The number of anilines is 1. The van der Waals surface area contributed by atoms with Gasteiger partial charge in [0.25, 0.3) is 5.91 Å². The molecule has 0 heterocycles. The Bertz CT molecular complexity index is 752. The molecule has 0 aliphatic carbocycles. The molecule has 2 rings (SSSR count). The predicted octanol–water partition coefficient (Wildman–Crippen LogP) is 4.65. The normalized spacial score (nSPS) is 13.0. The molecule has 1 N–H and O–H groups in total. The first-order chi connectivity index (χ1) is 11.9. The number of hydrogen-bond acceptors (Lipinski definition) is 3. The molecular formula is C19H19BrFNO3. The lowest BCUT2D eigenvalue weighted by molar-refractivity contribution is -0.153.